The number of imidazole rings is 1. The van der Waals surface area contributed by atoms with Gasteiger partial charge in [-0.2, -0.15) is 0 Å². The van der Waals surface area contributed by atoms with E-state index in [-0.39, 0.29) is 5.69 Å². The number of anilines is 3. The first-order chi connectivity index (χ1) is 19.2. The molecule has 0 unspecified atom stereocenters. The van der Waals surface area contributed by atoms with Gasteiger partial charge in [0.15, 0.2) is 0 Å². The Morgan fingerprint density at radius 2 is 1.75 bits per heavy atom. The molecule has 3 heterocycles. The van der Waals surface area contributed by atoms with Crippen LogP contribution in [-0.2, 0) is 4.79 Å². The molecular weight excluding hydrogens is 556 g/mol. The Bertz CT molecular complexity index is 1810. The molecule has 0 saturated carbocycles. The van der Waals surface area contributed by atoms with Crippen LogP contribution in [0.15, 0.2) is 55.3 Å². The molecule has 0 bridgehead atoms. The summed E-state index contributed by atoms with van der Waals surface area (Å²) in [6.07, 6.45) is 2.80. The lowest BCUT2D eigenvalue weighted by Gasteiger charge is -2.17. The maximum Gasteiger partial charge on any atom is 0.247 e. The van der Waals surface area contributed by atoms with E-state index in [1.165, 1.54) is 32.4 Å². The topological polar surface area (TPSA) is 89.8 Å². The zero-order valence-electron chi connectivity index (χ0n) is 22.0. The zero-order chi connectivity index (χ0) is 28.7. The number of carbonyl (C=O) groups excluding carboxylic acids is 1. The number of hydrogen-bond donors (Lipinski definition) is 2. The van der Waals surface area contributed by atoms with Gasteiger partial charge in [-0.05, 0) is 44.2 Å². The second-order valence-corrected chi connectivity index (χ2v) is 9.68. The van der Waals surface area contributed by atoms with E-state index < -0.39 is 11.7 Å². The molecule has 2 N–H and O–H groups in total. The number of benzene rings is 2. The lowest BCUT2D eigenvalue weighted by Crippen LogP contribution is -2.10. The van der Waals surface area contributed by atoms with Gasteiger partial charge in [-0.3, -0.25) is 9.20 Å². The number of amides is 1. The minimum Gasteiger partial charge on any atom is -0.495 e. The summed E-state index contributed by atoms with van der Waals surface area (Å²) in [5.41, 5.74) is 5.04. The highest BCUT2D eigenvalue weighted by Crippen LogP contribution is 2.47. The van der Waals surface area contributed by atoms with E-state index in [4.69, 9.17) is 37.7 Å². The van der Waals surface area contributed by atoms with Crippen molar-refractivity contribution in [2.24, 2.45) is 0 Å². The number of fused-ring (bicyclic) bond motifs is 3. The summed E-state index contributed by atoms with van der Waals surface area (Å²) in [4.78, 5) is 21.3. The van der Waals surface area contributed by atoms with E-state index in [1.54, 1.807) is 12.3 Å². The molecule has 8 nitrogen and oxygen atoms in total. The lowest BCUT2D eigenvalue weighted by molar-refractivity contribution is -0.111. The molecule has 1 amide bonds. The fourth-order valence-corrected chi connectivity index (χ4v) is 5.20. The number of nitrogens with one attached hydrogen (secondary N) is 2. The number of aryl methyl sites for hydroxylation is 2. The highest BCUT2D eigenvalue weighted by Gasteiger charge is 2.23. The number of aromatic nitrogens is 3. The van der Waals surface area contributed by atoms with E-state index in [1.807, 2.05) is 30.4 Å². The Morgan fingerprint density at radius 1 is 1.05 bits per heavy atom. The van der Waals surface area contributed by atoms with Crippen LogP contribution in [0.25, 0.3) is 27.7 Å². The second-order valence-electron chi connectivity index (χ2n) is 8.92. The molecule has 5 aromatic rings. The molecule has 5 rings (SSSR count). The Kier molecular flexibility index (Phi) is 7.27. The maximum atomic E-state index is 13.9. The fraction of sp³-hybridized carbons (Fsp3) is 0.138. The van der Waals surface area contributed by atoms with Crippen molar-refractivity contribution in [1.82, 2.24) is 14.4 Å². The maximum absolute atomic E-state index is 13.9. The van der Waals surface area contributed by atoms with E-state index in [0.717, 1.165) is 28.4 Å². The highest BCUT2D eigenvalue weighted by atomic mass is 35.5. The SMILES string of the molecule is C=CC(=O)Nc1cc(F)ccc1Nc1cc2c(cn1)cc(-c1c(Cl)c(OC)cc(OC)c1Cl)c1nc(C)c(C)n12. The molecule has 2 aromatic carbocycles. The summed E-state index contributed by atoms with van der Waals surface area (Å²) in [5.74, 6) is 0.319. The number of methoxy groups -OCH3 is 2. The Labute approximate surface area is 239 Å². The molecule has 40 heavy (non-hydrogen) atoms. The molecule has 11 heteroatoms. The fourth-order valence-electron chi connectivity index (χ4n) is 4.49. The van der Waals surface area contributed by atoms with E-state index in [2.05, 4.69) is 22.2 Å². The van der Waals surface area contributed by atoms with Crippen LogP contribution in [0.2, 0.25) is 10.0 Å². The van der Waals surface area contributed by atoms with Crippen molar-refractivity contribution in [1.29, 1.82) is 0 Å². The first-order valence-corrected chi connectivity index (χ1v) is 12.8. The van der Waals surface area contributed by atoms with Crippen molar-refractivity contribution in [3.8, 4) is 22.6 Å². The van der Waals surface area contributed by atoms with Gasteiger partial charge in [0, 0.05) is 40.5 Å². The molecule has 0 aliphatic heterocycles. The molecule has 0 aliphatic rings. The van der Waals surface area contributed by atoms with Gasteiger partial charge in [-0.1, -0.05) is 29.8 Å². The predicted molar refractivity (Wildman–Crippen MR) is 157 cm³/mol. The summed E-state index contributed by atoms with van der Waals surface area (Å²) in [5, 5.41) is 7.21. The average Bonchev–Trinajstić information content (AvgIpc) is 3.24. The minimum atomic E-state index is -0.498. The zero-order valence-corrected chi connectivity index (χ0v) is 23.5. The third kappa shape index (κ3) is 4.67. The molecule has 0 aliphatic carbocycles. The number of halogens is 3. The van der Waals surface area contributed by atoms with E-state index in [0.29, 0.717) is 49.8 Å². The average molecular weight is 580 g/mol. The predicted octanol–water partition coefficient (Wildman–Crippen LogP) is 7.50. The van der Waals surface area contributed by atoms with Gasteiger partial charge in [-0.15, -0.1) is 0 Å². The monoisotopic (exact) mass is 579 g/mol. The number of ether oxygens (including phenoxy) is 2. The number of hydrogen-bond acceptors (Lipinski definition) is 6. The summed E-state index contributed by atoms with van der Waals surface area (Å²) < 4.78 is 26.9. The third-order valence-corrected chi connectivity index (χ3v) is 7.32. The molecule has 0 spiro atoms. The minimum absolute atomic E-state index is 0.248. The number of nitrogens with zero attached hydrogens (tertiary/aromatic N) is 3. The van der Waals surface area contributed by atoms with E-state index in [9.17, 15) is 9.18 Å². The summed E-state index contributed by atoms with van der Waals surface area (Å²) >= 11 is 13.5. The van der Waals surface area contributed by atoms with Crippen LogP contribution in [0.1, 0.15) is 11.4 Å². The number of rotatable bonds is 7. The van der Waals surface area contributed by atoms with Crippen molar-refractivity contribution in [2.45, 2.75) is 13.8 Å². The van der Waals surface area contributed by atoms with Crippen LogP contribution in [0, 0.1) is 19.7 Å². The molecule has 0 fully saturated rings. The van der Waals surface area contributed by atoms with Gasteiger partial charge < -0.3 is 20.1 Å². The first kappa shape index (κ1) is 27.2. The van der Waals surface area contributed by atoms with Crippen molar-refractivity contribution in [3.63, 3.8) is 0 Å². The molecule has 3 aromatic heterocycles. The molecule has 0 atom stereocenters. The smallest absolute Gasteiger partial charge is 0.247 e. The van der Waals surface area contributed by atoms with Gasteiger partial charge in [0.25, 0.3) is 0 Å². The van der Waals surface area contributed by atoms with Crippen molar-refractivity contribution < 1.29 is 18.7 Å². The van der Waals surface area contributed by atoms with Crippen LogP contribution >= 0.6 is 23.2 Å². The first-order valence-electron chi connectivity index (χ1n) is 12.1. The normalized spacial score (nSPS) is 11.1. The second kappa shape index (κ2) is 10.7. The van der Waals surface area contributed by atoms with Gasteiger partial charge in [-0.25, -0.2) is 14.4 Å². The Hall–Kier alpha value is -4.34. The largest absolute Gasteiger partial charge is 0.495 e. The van der Waals surface area contributed by atoms with Crippen LogP contribution in [0.4, 0.5) is 21.6 Å². The van der Waals surface area contributed by atoms with Crippen LogP contribution in [-0.4, -0.2) is 34.5 Å². The lowest BCUT2D eigenvalue weighted by atomic mass is 10.0. The third-order valence-electron chi connectivity index (χ3n) is 6.57. The standard InChI is InChI=1S/C29H24Cl2FN5O3/c1-6-25(38)36-20-10-17(32)7-8-19(20)35-24-11-21-16(13-33-24)9-18(29-34-14(2)15(3)37(21)29)26-27(30)22(39-4)12-23(40-5)28(26)31/h6-13H,1H2,2-5H3,(H,33,35)(H,36,38). The molecule has 0 radical (unpaired) electrons. The van der Waals surface area contributed by atoms with Crippen molar-refractivity contribution >= 4 is 62.9 Å². The van der Waals surface area contributed by atoms with Gasteiger partial charge in [0.2, 0.25) is 5.91 Å². The Morgan fingerprint density at radius 3 is 2.40 bits per heavy atom. The van der Waals surface area contributed by atoms with Crippen LogP contribution < -0.4 is 20.1 Å². The van der Waals surface area contributed by atoms with Crippen molar-refractivity contribution in [2.75, 3.05) is 24.9 Å². The van der Waals surface area contributed by atoms with Gasteiger partial charge in [0.05, 0.1) is 46.9 Å². The molecule has 204 valence electrons. The highest BCUT2D eigenvalue weighted by molar-refractivity contribution is 6.41. The summed E-state index contributed by atoms with van der Waals surface area (Å²) in [6.45, 7) is 7.33. The van der Waals surface area contributed by atoms with Crippen LogP contribution in [0.5, 0.6) is 11.5 Å². The van der Waals surface area contributed by atoms with Crippen LogP contribution in [0.3, 0.4) is 0 Å². The van der Waals surface area contributed by atoms with E-state index >= 15 is 0 Å². The van der Waals surface area contributed by atoms with Crippen molar-refractivity contribution in [3.05, 3.63) is 82.5 Å². The number of pyridine rings is 2. The summed E-state index contributed by atoms with van der Waals surface area (Å²) in [6, 6.07) is 9.41. The Balaban J connectivity index is 1.71. The van der Waals surface area contributed by atoms with Gasteiger partial charge in [0.1, 0.15) is 28.8 Å². The quantitative estimate of drug-likeness (QED) is 0.194. The van der Waals surface area contributed by atoms with Gasteiger partial charge >= 0.3 is 0 Å². The molecule has 0 saturated heterocycles. The summed E-state index contributed by atoms with van der Waals surface area (Å²) in [7, 11) is 3.04. The molecular formula is C29H24Cl2FN5O3. The number of carbonyl (C=O) groups is 1.